The van der Waals surface area contributed by atoms with Crippen molar-refractivity contribution in [2.45, 2.75) is 25.1 Å². The van der Waals surface area contributed by atoms with E-state index < -0.39 is 12.7 Å². The van der Waals surface area contributed by atoms with E-state index >= 15 is 0 Å². The number of imidazole rings is 1. The average Bonchev–Trinajstić information content (AvgIpc) is 3.44. The number of hydrogen-bond donors (Lipinski definition) is 0. The van der Waals surface area contributed by atoms with Crippen molar-refractivity contribution in [3.05, 3.63) is 82.1 Å². The Morgan fingerprint density at radius 1 is 1.11 bits per heavy atom. The molecule has 35 heavy (non-hydrogen) atoms. The Labute approximate surface area is 209 Å². The number of aromatic nitrogens is 3. The lowest BCUT2D eigenvalue weighted by molar-refractivity contribution is -0.139. The molecule has 1 aliphatic rings. The number of alkyl halides is 3. The van der Waals surface area contributed by atoms with Crippen LogP contribution in [0.15, 0.2) is 60.9 Å². The fraction of sp³-hybridized carbons (Fsp3) is 0.240. The van der Waals surface area contributed by atoms with E-state index in [-0.39, 0.29) is 33.7 Å². The molecule has 0 aliphatic carbocycles. The van der Waals surface area contributed by atoms with Crippen LogP contribution in [-0.4, -0.2) is 44.6 Å². The van der Waals surface area contributed by atoms with E-state index in [0.29, 0.717) is 29.2 Å². The molecule has 0 radical (unpaired) electrons. The van der Waals surface area contributed by atoms with Gasteiger partial charge in [-0.05, 0) is 54.4 Å². The van der Waals surface area contributed by atoms with Gasteiger partial charge in [-0.25, -0.2) is 4.98 Å². The Bertz CT molecular complexity index is 1410. The summed E-state index contributed by atoms with van der Waals surface area (Å²) in [6, 6.07) is 13.0. The third-order valence-electron chi connectivity index (χ3n) is 6.14. The van der Waals surface area contributed by atoms with Gasteiger partial charge in [0.1, 0.15) is 12.4 Å². The smallest absolute Gasteiger partial charge is 0.338 e. The quantitative estimate of drug-likeness (QED) is 0.306. The van der Waals surface area contributed by atoms with Gasteiger partial charge in [0.05, 0.1) is 16.1 Å². The number of likely N-dealkylation sites (tertiary alicyclic amines) is 1. The molecule has 0 spiro atoms. The highest BCUT2D eigenvalue weighted by Gasteiger charge is 2.32. The summed E-state index contributed by atoms with van der Waals surface area (Å²) < 4.78 is 41.3. The van der Waals surface area contributed by atoms with Gasteiger partial charge in [0.15, 0.2) is 0 Å². The number of pyridine rings is 1. The highest BCUT2D eigenvalue weighted by Crippen LogP contribution is 2.35. The van der Waals surface area contributed by atoms with Gasteiger partial charge in [-0.3, -0.25) is 9.78 Å². The van der Waals surface area contributed by atoms with Crippen molar-refractivity contribution in [2.24, 2.45) is 0 Å². The van der Waals surface area contributed by atoms with Crippen molar-refractivity contribution < 1.29 is 18.0 Å². The second kappa shape index (κ2) is 9.17. The van der Waals surface area contributed by atoms with Crippen molar-refractivity contribution in [3.63, 3.8) is 0 Å². The number of rotatable bonds is 4. The first-order valence-electron chi connectivity index (χ1n) is 10.9. The molecule has 1 amide bonds. The van der Waals surface area contributed by atoms with Crippen LogP contribution in [0.2, 0.25) is 10.0 Å². The average molecular weight is 519 g/mol. The summed E-state index contributed by atoms with van der Waals surface area (Å²) in [5.41, 5.74) is 2.31. The zero-order valence-corrected chi connectivity index (χ0v) is 19.8. The van der Waals surface area contributed by atoms with Gasteiger partial charge in [0, 0.05) is 47.6 Å². The highest BCUT2D eigenvalue weighted by molar-refractivity contribution is 6.36. The number of nitrogens with zero attached hydrogens (tertiary/aromatic N) is 4. The van der Waals surface area contributed by atoms with E-state index in [4.69, 9.17) is 23.2 Å². The topological polar surface area (TPSA) is 51.0 Å². The molecule has 1 unspecified atom stereocenters. The molecule has 0 saturated carbocycles. The van der Waals surface area contributed by atoms with Crippen LogP contribution in [0.4, 0.5) is 13.2 Å². The molecule has 4 aromatic rings. The first-order chi connectivity index (χ1) is 16.7. The molecule has 2 aromatic carbocycles. The molecule has 1 saturated heterocycles. The maximum atomic E-state index is 13.4. The molecule has 5 rings (SSSR count). The second-order valence-corrected chi connectivity index (χ2v) is 9.33. The van der Waals surface area contributed by atoms with Crippen LogP contribution in [-0.2, 0) is 6.54 Å². The Morgan fingerprint density at radius 2 is 1.94 bits per heavy atom. The van der Waals surface area contributed by atoms with Crippen LogP contribution in [0, 0.1) is 0 Å². The van der Waals surface area contributed by atoms with E-state index in [2.05, 4.69) is 9.97 Å². The Kier molecular flexibility index (Phi) is 6.19. The molecule has 3 heterocycles. The van der Waals surface area contributed by atoms with Crippen LogP contribution in [0.3, 0.4) is 0 Å². The summed E-state index contributed by atoms with van der Waals surface area (Å²) in [5.74, 6) is 0.0668. The molecule has 0 bridgehead atoms. The van der Waals surface area contributed by atoms with Gasteiger partial charge < -0.3 is 9.47 Å². The third-order valence-corrected chi connectivity index (χ3v) is 6.68. The number of hydrogen-bond acceptors (Lipinski definition) is 3. The molecule has 180 valence electrons. The minimum absolute atomic E-state index is 0.0569. The fourth-order valence-electron chi connectivity index (χ4n) is 4.50. The summed E-state index contributed by atoms with van der Waals surface area (Å²) in [7, 11) is 0. The lowest BCUT2D eigenvalue weighted by atomic mass is 10.0. The molecule has 5 nitrogen and oxygen atoms in total. The number of carbonyl (C=O) groups excluding carboxylic acids is 1. The van der Waals surface area contributed by atoms with Gasteiger partial charge in [0.2, 0.25) is 0 Å². The van der Waals surface area contributed by atoms with Crippen LogP contribution in [0.25, 0.3) is 22.4 Å². The summed E-state index contributed by atoms with van der Waals surface area (Å²) >= 11 is 12.2. The highest BCUT2D eigenvalue weighted by atomic mass is 35.5. The van der Waals surface area contributed by atoms with E-state index in [1.165, 1.54) is 24.3 Å². The van der Waals surface area contributed by atoms with Crippen LogP contribution in [0.1, 0.15) is 28.3 Å². The number of amides is 1. The summed E-state index contributed by atoms with van der Waals surface area (Å²) in [6.07, 6.45) is -0.146. The predicted molar refractivity (Wildman–Crippen MR) is 129 cm³/mol. The van der Waals surface area contributed by atoms with Crippen molar-refractivity contribution in [1.82, 2.24) is 19.4 Å². The number of halogens is 5. The SMILES string of the molecule is O=C(c1ccc2c(c1)nc(-c1ccc(Cl)cc1Cl)n2CC(F)(F)F)N1CCC(c2cccnc2)C1. The summed E-state index contributed by atoms with van der Waals surface area (Å²) in [5, 5.41) is 0.548. The molecule has 1 atom stereocenters. The van der Waals surface area contributed by atoms with Gasteiger partial charge in [-0.1, -0.05) is 29.3 Å². The summed E-state index contributed by atoms with van der Waals surface area (Å²) in [6.45, 7) is -0.106. The zero-order chi connectivity index (χ0) is 24.7. The first-order valence-corrected chi connectivity index (χ1v) is 11.7. The normalized spacial score (nSPS) is 16.3. The fourth-order valence-corrected chi connectivity index (χ4v) is 4.99. The Balaban J connectivity index is 1.49. The molecule has 1 fully saturated rings. The standard InChI is InChI=1S/C25H19Cl2F3N4O/c26-18-4-5-19(20(27)11-18)23-32-21-10-15(3-6-22(21)34(23)14-25(28,29)30)24(35)33-9-7-17(13-33)16-2-1-8-31-12-16/h1-6,8,10-12,17H,7,9,13-14H2. The minimum atomic E-state index is -4.48. The van der Waals surface area contributed by atoms with E-state index in [9.17, 15) is 18.0 Å². The lowest BCUT2D eigenvalue weighted by Crippen LogP contribution is -2.28. The molecular formula is C25H19Cl2F3N4O. The maximum Gasteiger partial charge on any atom is 0.406 e. The maximum absolute atomic E-state index is 13.4. The monoisotopic (exact) mass is 518 g/mol. The molecular weight excluding hydrogens is 500 g/mol. The van der Waals surface area contributed by atoms with Crippen molar-refractivity contribution in [1.29, 1.82) is 0 Å². The van der Waals surface area contributed by atoms with Crippen molar-refractivity contribution in [3.8, 4) is 11.4 Å². The first kappa shape index (κ1) is 23.6. The predicted octanol–water partition coefficient (Wildman–Crippen LogP) is 6.60. The Hall–Kier alpha value is -3.10. The minimum Gasteiger partial charge on any atom is -0.338 e. The van der Waals surface area contributed by atoms with Gasteiger partial charge in [-0.15, -0.1) is 0 Å². The second-order valence-electron chi connectivity index (χ2n) is 8.49. The lowest BCUT2D eigenvalue weighted by Gasteiger charge is -2.17. The molecule has 1 aliphatic heterocycles. The van der Waals surface area contributed by atoms with Gasteiger partial charge in [-0.2, -0.15) is 13.2 Å². The summed E-state index contributed by atoms with van der Waals surface area (Å²) in [4.78, 5) is 23.6. The number of carbonyl (C=O) groups is 1. The van der Waals surface area contributed by atoms with E-state index in [1.54, 1.807) is 29.4 Å². The van der Waals surface area contributed by atoms with Gasteiger partial charge >= 0.3 is 6.18 Å². The van der Waals surface area contributed by atoms with Crippen molar-refractivity contribution in [2.75, 3.05) is 13.1 Å². The van der Waals surface area contributed by atoms with Gasteiger partial charge in [0.25, 0.3) is 5.91 Å². The number of benzene rings is 2. The largest absolute Gasteiger partial charge is 0.406 e. The zero-order valence-electron chi connectivity index (χ0n) is 18.3. The molecule has 10 heteroatoms. The molecule has 2 aromatic heterocycles. The van der Waals surface area contributed by atoms with Crippen molar-refractivity contribution >= 4 is 40.1 Å². The van der Waals surface area contributed by atoms with Crippen LogP contribution in [0.5, 0.6) is 0 Å². The van der Waals surface area contributed by atoms with E-state index in [0.717, 1.165) is 16.6 Å². The Morgan fingerprint density at radius 3 is 2.66 bits per heavy atom. The number of fused-ring (bicyclic) bond motifs is 1. The van der Waals surface area contributed by atoms with Crippen LogP contribution < -0.4 is 0 Å². The molecule has 0 N–H and O–H groups in total. The van der Waals surface area contributed by atoms with Crippen LogP contribution >= 0.6 is 23.2 Å². The third kappa shape index (κ3) is 4.86. The van der Waals surface area contributed by atoms with E-state index in [1.807, 2.05) is 12.1 Å².